The summed E-state index contributed by atoms with van der Waals surface area (Å²) in [5.41, 5.74) is 0.843. The van der Waals surface area contributed by atoms with Gasteiger partial charge in [0.25, 0.3) is 5.91 Å². The van der Waals surface area contributed by atoms with Crippen LogP contribution in [-0.4, -0.2) is 35.9 Å². The van der Waals surface area contributed by atoms with Crippen LogP contribution < -0.4 is 5.32 Å². The fourth-order valence-corrected chi connectivity index (χ4v) is 2.04. The molecular weight excluding hydrogens is 270 g/mol. The van der Waals surface area contributed by atoms with Gasteiger partial charge in [0.05, 0.1) is 0 Å². The van der Waals surface area contributed by atoms with Gasteiger partial charge in [-0.15, -0.1) is 11.3 Å². The number of anilines is 1. The van der Waals surface area contributed by atoms with Gasteiger partial charge in [-0.25, -0.2) is 4.98 Å². The van der Waals surface area contributed by atoms with Gasteiger partial charge in [0.1, 0.15) is 0 Å². The lowest BCUT2D eigenvalue weighted by atomic mass is 10.2. The molecule has 1 heterocycles. The highest BCUT2D eigenvalue weighted by Crippen LogP contribution is 2.09. The van der Waals surface area contributed by atoms with Crippen LogP contribution in [-0.2, 0) is 4.79 Å². The van der Waals surface area contributed by atoms with Crippen LogP contribution in [0.3, 0.4) is 0 Å². The highest BCUT2D eigenvalue weighted by molar-refractivity contribution is 7.13. The molecule has 0 spiro atoms. The topological polar surface area (TPSA) is 45.2 Å². The molecule has 0 unspecified atom stereocenters. The van der Waals surface area contributed by atoms with E-state index in [0.29, 0.717) is 13.1 Å². The predicted octanol–water partition coefficient (Wildman–Crippen LogP) is 2.07. The standard InChI is InChI=1S/C15H15N3OS/c1-18(11-9-16-15-17-10-12-20-15)14(19)8-7-13-5-3-2-4-6-13/h2-6,10,12H,9,11H2,1H3,(H,16,17). The molecule has 1 aromatic carbocycles. The van der Waals surface area contributed by atoms with Gasteiger partial charge in [-0.05, 0) is 12.1 Å². The molecule has 0 atom stereocenters. The van der Waals surface area contributed by atoms with E-state index in [-0.39, 0.29) is 5.91 Å². The molecule has 0 saturated carbocycles. The summed E-state index contributed by atoms with van der Waals surface area (Å²) in [7, 11) is 1.74. The van der Waals surface area contributed by atoms with Crippen LogP contribution >= 0.6 is 11.3 Å². The van der Waals surface area contributed by atoms with Gasteiger partial charge in [0.15, 0.2) is 5.13 Å². The fourth-order valence-electron chi connectivity index (χ4n) is 1.49. The SMILES string of the molecule is CN(CCNc1nccs1)C(=O)C#Cc1ccccc1. The van der Waals surface area contributed by atoms with E-state index in [4.69, 9.17) is 0 Å². The van der Waals surface area contributed by atoms with Crippen molar-refractivity contribution in [3.63, 3.8) is 0 Å². The van der Waals surface area contributed by atoms with Crippen LogP contribution in [0, 0.1) is 11.8 Å². The van der Waals surface area contributed by atoms with Crippen LogP contribution in [0.25, 0.3) is 0 Å². The average Bonchev–Trinajstić information content (AvgIpc) is 2.99. The van der Waals surface area contributed by atoms with Gasteiger partial charge in [0, 0.05) is 43.2 Å². The first-order valence-corrected chi connectivity index (χ1v) is 7.09. The third-order valence-electron chi connectivity index (χ3n) is 2.59. The molecule has 0 aliphatic rings. The van der Waals surface area contributed by atoms with Crippen molar-refractivity contribution in [1.29, 1.82) is 0 Å². The number of thiazole rings is 1. The maximum atomic E-state index is 11.8. The summed E-state index contributed by atoms with van der Waals surface area (Å²) in [5, 5.41) is 5.92. The monoisotopic (exact) mass is 285 g/mol. The second kappa shape index (κ2) is 7.31. The Morgan fingerprint density at radius 2 is 2.20 bits per heavy atom. The number of nitrogens with zero attached hydrogens (tertiary/aromatic N) is 2. The molecule has 1 N–H and O–H groups in total. The number of likely N-dealkylation sites (N-methyl/N-ethyl adjacent to an activating group) is 1. The van der Waals surface area contributed by atoms with Crippen LogP contribution in [0.5, 0.6) is 0 Å². The molecule has 102 valence electrons. The first-order chi connectivity index (χ1) is 9.75. The Morgan fingerprint density at radius 3 is 2.90 bits per heavy atom. The quantitative estimate of drug-likeness (QED) is 0.875. The normalized spacial score (nSPS) is 9.45. The van der Waals surface area contributed by atoms with E-state index in [1.165, 1.54) is 11.3 Å². The smallest absolute Gasteiger partial charge is 0.298 e. The summed E-state index contributed by atoms with van der Waals surface area (Å²) >= 11 is 1.54. The first kappa shape index (κ1) is 14.1. The highest BCUT2D eigenvalue weighted by atomic mass is 32.1. The van der Waals surface area contributed by atoms with Gasteiger partial charge in [0.2, 0.25) is 0 Å². The molecule has 4 nitrogen and oxygen atoms in total. The van der Waals surface area contributed by atoms with Gasteiger partial charge >= 0.3 is 0 Å². The number of nitrogens with one attached hydrogen (secondary N) is 1. The Bertz CT molecular complexity index is 599. The Morgan fingerprint density at radius 1 is 1.40 bits per heavy atom. The van der Waals surface area contributed by atoms with Gasteiger partial charge in [-0.2, -0.15) is 0 Å². The minimum atomic E-state index is -0.185. The molecule has 0 aliphatic heterocycles. The summed E-state index contributed by atoms with van der Waals surface area (Å²) < 4.78 is 0. The molecule has 0 fully saturated rings. The van der Waals surface area contributed by atoms with E-state index in [0.717, 1.165) is 10.7 Å². The molecular formula is C15H15N3OS. The number of amides is 1. The van der Waals surface area contributed by atoms with Crippen molar-refractivity contribution in [2.75, 3.05) is 25.5 Å². The van der Waals surface area contributed by atoms with Gasteiger partial charge in [-0.3, -0.25) is 4.79 Å². The number of hydrogen-bond acceptors (Lipinski definition) is 4. The van der Waals surface area contributed by atoms with Gasteiger partial charge < -0.3 is 10.2 Å². The zero-order valence-electron chi connectivity index (χ0n) is 11.2. The van der Waals surface area contributed by atoms with Crippen molar-refractivity contribution in [1.82, 2.24) is 9.88 Å². The summed E-state index contributed by atoms with van der Waals surface area (Å²) in [6, 6.07) is 9.48. The number of hydrogen-bond donors (Lipinski definition) is 1. The van der Waals surface area contributed by atoms with Crippen molar-refractivity contribution in [3.05, 3.63) is 47.5 Å². The number of carbonyl (C=O) groups excluding carboxylic acids is 1. The number of aromatic nitrogens is 1. The molecule has 0 aliphatic carbocycles. The van der Waals surface area contributed by atoms with Crippen molar-refractivity contribution >= 4 is 22.4 Å². The lowest BCUT2D eigenvalue weighted by molar-refractivity contribution is -0.123. The average molecular weight is 285 g/mol. The number of carbonyl (C=O) groups is 1. The molecule has 0 bridgehead atoms. The number of benzene rings is 1. The van der Waals surface area contributed by atoms with Crippen molar-refractivity contribution < 1.29 is 4.79 Å². The van der Waals surface area contributed by atoms with Crippen molar-refractivity contribution in [2.45, 2.75) is 0 Å². The molecule has 0 radical (unpaired) electrons. The lowest BCUT2D eigenvalue weighted by Crippen LogP contribution is -2.30. The molecule has 2 rings (SSSR count). The van der Waals surface area contributed by atoms with E-state index in [2.05, 4.69) is 22.1 Å². The molecule has 20 heavy (non-hydrogen) atoms. The minimum absolute atomic E-state index is 0.185. The molecule has 0 saturated heterocycles. The van der Waals surface area contributed by atoms with E-state index in [9.17, 15) is 4.79 Å². The van der Waals surface area contributed by atoms with Crippen molar-refractivity contribution in [3.8, 4) is 11.8 Å². The summed E-state index contributed by atoms with van der Waals surface area (Å²) in [6.45, 7) is 1.24. The Labute approximate surface area is 122 Å². The van der Waals surface area contributed by atoms with E-state index in [1.54, 1.807) is 18.1 Å². The first-order valence-electron chi connectivity index (χ1n) is 6.21. The highest BCUT2D eigenvalue weighted by Gasteiger charge is 2.04. The third kappa shape index (κ3) is 4.41. The second-order valence-corrected chi connectivity index (χ2v) is 5.00. The number of rotatable bonds is 4. The zero-order valence-corrected chi connectivity index (χ0v) is 12.0. The molecule has 1 amide bonds. The van der Waals surface area contributed by atoms with Gasteiger partial charge in [-0.1, -0.05) is 24.1 Å². The maximum absolute atomic E-state index is 11.8. The zero-order chi connectivity index (χ0) is 14.2. The Kier molecular flexibility index (Phi) is 5.15. The third-order valence-corrected chi connectivity index (χ3v) is 3.32. The van der Waals surface area contributed by atoms with Crippen LogP contribution in [0.4, 0.5) is 5.13 Å². The van der Waals surface area contributed by atoms with Crippen LogP contribution in [0.2, 0.25) is 0 Å². The predicted molar refractivity (Wildman–Crippen MR) is 81.6 cm³/mol. The molecule has 2 aromatic rings. The van der Waals surface area contributed by atoms with Crippen molar-refractivity contribution in [2.24, 2.45) is 0 Å². The molecule has 1 aromatic heterocycles. The summed E-state index contributed by atoms with van der Waals surface area (Å²) in [6.07, 6.45) is 1.74. The minimum Gasteiger partial charge on any atom is -0.360 e. The fraction of sp³-hybridized carbons (Fsp3) is 0.200. The summed E-state index contributed by atoms with van der Waals surface area (Å²) in [4.78, 5) is 17.5. The summed E-state index contributed by atoms with van der Waals surface area (Å²) in [5.74, 6) is 5.31. The lowest BCUT2D eigenvalue weighted by Gasteiger charge is -2.13. The van der Waals surface area contributed by atoms with E-state index < -0.39 is 0 Å². The van der Waals surface area contributed by atoms with Crippen LogP contribution in [0.15, 0.2) is 41.9 Å². The van der Waals surface area contributed by atoms with E-state index in [1.807, 2.05) is 35.7 Å². The Balaban J connectivity index is 1.79. The molecule has 5 heteroatoms. The van der Waals surface area contributed by atoms with E-state index >= 15 is 0 Å². The Hall–Kier alpha value is -2.32. The largest absolute Gasteiger partial charge is 0.360 e. The maximum Gasteiger partial charge on any atom is 0.298 e. The van der Waals surface area contributed by atoms with Crippen LogP contribution in [0.1, 0.15) is 5.56 Å². The second-order valence-electron chi connectivity index (χ2n) is 4.11.